The maximum Gasteiger partial charge on any atom is 0.315 e. The van der Waals surface area contributed by atoms with Gasteiger partial charge in [0.05, 0.1) is 12.1 Å². The molecule has 0 saturated heterocycles. The van der Waals surface area contributed by atoms with Crippen LogP contribution in [-0.2, 0) is 13.0 Å². The topological polar surface area (TPSA) is 61.4 Å². The minimum atomic E-state index is -0.587. The summed E-state index contributed by atoms with van der Waals surface area (Å²) in [5.74, 6) is 0. The molecule has 0 heterocycles. The summed E-state index contributed by atoms with van der Waals surface area (Å²) < 4.78 is 0. The van der Waals surface area contributed by atoms with Gasteiger partial charge in [0.2, 0.25) is 0 Å². The Morgan fingerprint density at radius 1 is 1.30 bits per heavy atom. The van der Waals surface area contributed by atoms with Crippen molar-refractivity contribution in [2.75, 3.05) is 0 Å². The highest BCUT2D eigenvalue weighted by Gasteiger charge is 2.31. The van der Waals surface area contributed by atoms with Gasteiger partial charge in [0, 0.05) is 18.0 Å². The van der Waals surface area contributed by atoms with Crippen LogP contribution in [0.25, 0.3) is 0 Å². The summed E-state index contributed by atoms with van der Waals surface area (Å²) in [5, 5.41) is 16.5. The standard InChI is InChI=1S/C18H19ClN2O2/c1-11-8-12(6-7-15(11)19)10-20-18(23)21-17-14-5-3-2-4-13(14)9-16(17)22/h2-8,16-17,22H,9-10H2,1H3,(H2,20,21,23). The molecule has 23 heavy (non-hydrogen) atoms. The molecular formula is C18H19ClN2O2. The first kappa shape index (κ1) is 15.8. The van der Waals surface area contributed by atoms with Gasteiger partial charge in [-0.1, -0.05) is 48.0 Å². The van der Waals surface area contributed by atoms with Crippen LogP contribution in [0.1, 0.15) is 28.3 Å². The molecular weight excluding hydrogens is 312 g/mol. The molecule has 0 aliphatic heterocycles. The summed E-state index contributed by atoms with van der Waals surface area (Å²) in [7, 11) is 0. The predicted octanol–water partition coefficient (Wildman–Crippen LogP) is 3.11. The molecule has 0 spiro atoms. The largest absolute Gasteiger partial charge is 0.390 e. The summed E-state index contributed by atoms with van der Waals surface area (Å²) >= 11 is 5.99. The van der Waals surface area contributed by atoms with Crippen LogP contribution >= 0.6 is 11.6 Å². The number of halogens is 1. The summed E-state index contributed by atoms with van der Waals surface area (Å²) in [6.45, 7) is 2.34. The van der Waals surface area contributed by atoms with Crippen molar-refractivity contribution >= 4 is 17.6 Å². The van der Waals surface area contributed by atoms with Crippen molar-refractivity contribution in [1.82, 2.24) is 10.6 Å². The van der Waals surface area contributed by atoms with Crippen molar-refractivity contribution in [2.24, 2.45) is 0 Å². The van der Waals surface area contributed by atoms with E-state index in [0.29, 0.717) is 18.0 Å². The maximum absolute atomic E-state index is 12.1. The third-order valence-electron chi connectivity index (χ3n) is 4.17. The molecule has 0 radical (unpaired) electrons. The number of hydrogen-bond acceptors (Lipinski definition) is 2. The first-order valence-corrected chi connectivity index (χ1v) is 7.97. The summed E-state index contributed by atoms with van der Waals surface area (Å²) in [4.78, 5) is 12.1. The highest BCUT2D eigenvalue weighted by molar-refractivity contribution is 6.31. The van der Waals surface area contributed by atoms with Gasteiger partial charge in [0.1, 0.15) is 0 Å². The number of aryl methyl sites for hydroxylation is 1. The molecule has 1 aliphatic carbocycles. The van der Waals surface area contributed by atoms with E-state index in [2.05, 4.69) is 10.6 Å². The highest BCUT2D eigenvalue weighted by Crippen LogP contribution is 2.31. The van der Waals surface area contributed by atoms with Gasteiger partial charge in [0.15, 0.2) is 0 Å². The van der Waals surface area contributed by atoms with Crippen molar-refractivity contribution < 1.29 is 9.90 Å². The van der Waals surface area contributed by atoms with Crippen molar-refractivity contribution in [3.8, 4) is 0 Å². The number of amides is 2. The van der Waals surface area contributed by atoms with E-state index in [1.165, 1.54) is 0 Å². The van der Waals surface area contributed by atoms with Gasteiger partial charge in [-0.2, -0.15) is 0 Å². The summed E-state index contributed by atoms with van der Waals surface area (Å²) in [5.41, 5.74) is 4.03. The number of hydrogen-bond donors (Lipinski definition) is 3. The zero-order chi connectivity index (χ0) is 16.4. The minimum Gasteiger partial charge on any atom is -0.390 e. The number of urea groups is 1. The van der Waals surface area contributed by atoms with Gasteiger partial charge in [-0.15, -0.1) is 0 Å². The van der Waals surface area contributed by atoms with Crippen molar-refractivity contribution in [2.45, 2.75) is 32.0 Å². The smallest absolute Gasteiger partial charge is 0.315 e. The SMILES string of the molecule is Cc1cc(CNC(=O)NC2c3ccccc3CC2O)ccc1Cl. The Morgan fingerprint density at radius 2 is 2.09 bits per heavy atom. The lowest BCUT2D eigenvalue weighted by molar-refractivity contribution is 0.142. The number of benzene rings is 2. The van der Waals surface area contributed by atoms with Crippen LogP contribution in [0.4, 0.5) is 4.79 Å². The van der Waals surface area contributed by atoms with Crippen LogP contribution in [0.3, 0.4) is 0 Å². The van der Waals surface area contributed by atoms with Crippen LogP contribution in [0.15, 0.2) is 42.5 Å². The van der Waals surface area contributed by atoms with Gasteiger partial charge in [-0.3, -0.25) is 0 Å². The van der Waals surface area contributed by atoms with Crippen LogP contribution in [0.2, 0.25) is 5.02 Å². The number of fused-ring (bicyclic) bond motifs is 1. The number of aliphatic hydroxyl groups excluding tert-OH is 1. The lowest BCUT2D eigenvalue weighted by Crippen LogP contribution is -2.40. The molecule has 4 nitrogen and oxygen atoms in total. The second-order valence-electron chi connectivity index (χ2n) is 5.86. The Hall–Kier alpha value is -2.04. The van der Waals surface area contributed by atoms with Crippen LogP contribution in [0, 0.1) is 6.92 Å². The van der Waals surface area contributed by atoms with Crippen molar-refractivity contribution in [3.63, 3.8) is 0 Å². The fraction of sp³-hybridized carbons (Fsp3) is 0.278. The Bertz CT molecular complexity index is 733. The third-order valence-corrected chi connectivity index (χ3v) is 4.59. The number of nitrogens with one attached hydrogen (secondary N) is 2. The number of rotatable bonds is 3. The molecule has 0 saturated carbocycles. The molecule has 0 bridgehead atoms. The number of aliphatic hydroxyl groups is 1. The average molecular weight is 331 g/mol. The Kier molecular flexibility index (Phi) is 4.55. The quantitative estimate of drug-likeness (QED) is 0.809. The molecule has 2 amide bonds. The van der Waals surface area contributed by atoms with Gasteiger partial charge >= 0.3 is 6.03 Å². The number of carbonyl (C=O) groups excluding carboxylic acids is 1. The molecule has 2 unspecified atom stereocenters. The summed E-state index contributed by atoms with van der Waals surface area (Å²) in [6, 6.07) is 12.8. The Balaban J connectivity index is 1.60. The molecule has 120 valence electrons. The molecule has 2 aromatic rings. The van der Waals surface area contributed by atoms with Crippen molar-refractivity contribution in [3.05, 3.63) is 69.7 Å². The molecule has 3 rings (SSSR count). The predicted molar refractivity (Wildman–Crippen MR) is 90.5 cm³/mol. The van der Waals surface area contributed by atoms with Crippen LogP contribution < -0.4 is 10.6 Å². The van der Waals surface area contributed by atoms with E-state index in [-0.39, 0.29) is 12.1 Å². The Labute approximate surface area is 140 Å². The normalized spacial score (nSPS) is 19.3. The molecule has 0 aromatic heterocycles. The van der Waals surface area contributed by atoms with E-state index in [1.54, 1.807) is 0 Å². The fourth-order valence-corrected chi connectivity index (χ4v) is 3.06. The zero-order valence-electron chi connectivity index (χ0n) is 12.8. The van der Waals surface area contributed by atoms with Crippen LogP contribution in [-0.4, -0.2) is 17.2 Å². The summed E-state index contributed by atoms with van der Waals surface area (Å²) in [6.07, 6.45) is -0.0201. The fourth-order valence-electron chi connectivity index (χ4n) is 2.94. The zero-order valence-corrected chi connectivity index (χ0v) is 13.6. The monoisotopic (exact) mass is 330 g/mol. The molecule has 2 aromatic carbocycles. The van der Waals surface area contributed by atoms with Gasteiger partial charge in [-0.25, -0.2) is 4.79 Å². The maximum atomic E-state index is 12.1. The van der Waals surface area contributed by atoms with Gasteiger partial charge in [-0.05, 0) is 35.2 Å². The van der Waals surface area contributed by atoms with E-state index in [0.717, 1.165) is 22.3 Å². The van der Waals surface area contributed by atoms with Crippen LogP contribution in [0.5, 0.6) is 0 Å². The number of carbonyl (C=O) groups is 1. The first-order valence-electron chi connectivity index (χ1n) is 7.60. The second-order valence-corrected chi connectivity index (χ2v) is 6.27. The molecule has 3 N–H and O–H groups in total. The lowest BCUT2D eigenvalue weighted by atomic mass is 10.1. The van der Waals surface area contributed by atoms with Gasteiger partial charge in [0.25, 0.3) is 0 Å². The average Bonchev–Trinajstić information content (AvgIpc) is 2.84. The van der Waals surface area contributed by atoms with E-state index in [4.69, 9.17) is 11.6 Å². The molecule has 2 atom stereocenters. The first-order chi connectivity index (χ1) is 11.0. The lowest BCUT2D eigenvalue weighted by Gasteiger charge is -2.18. The minimum absolute atomic E-state index is 0.293. The third kappa shape index (κ3) is 3.49. The second kappa shape index (κ2) is 6.60. The highest BCUT2D eigenvalue weighted by atomic mass is 35.5. The molecule has 1 aliphatic rings. The molecule has 5 heteroatoms. The van der Waals surface area contributed by atoms with Gasteiger partial charge < -0.3 is 15.7 Å². The van der Waals surface area contributed by atoms with E-state index in [9.17, 15) is 9.90 Å². The van der Waals surface area contributed by atoms with E-state index in [1.807, 2.05) is 49.4 Å². The van der Waals surface area contributed by atoms with E-state index < -0.39 is 6.10 Å². The van der Waals surface area contributed by atoms with E-state index >= 15 is 0 Å². The Morgan fingerprint density at radius 3 is 2.87 bits per heavy atom. The molecule has 0 fully saturated rings. The van der Waals surface area contributed by atoms with Crippen molar-refractivity contribution in [1.29, 1.82) is 0 Å².